The van der Waals surface area contributed by atoms with Gasteiger partial charge < -0.3 is 24.0 Å². The van der Waals surface area contributed by atoms with Crippen molar-refractivity contribution in [2.24, 2.45) is 0 Å². The number of halogens is 1. The van der Waals surface area contributed by atoms with Crippen LogP contribution in [0, 0.1) is 6.07 Å². The molecule has 5 heteroatoms. The van der Waals surface area contributed by atoms with Crippen LogP contribution in [-0.2, 0) is 20.4 Å². The van der Waals surface area contributed by atoms with Gasteiger partial charge in [0.1, 0.15) is 0 Å². The first-order chi connectivity index (χ1) is 15.4. The molecule has 0 saturated carbocycles. The summed E-state index contributed by atoms with van der Waals surface area (Å²) in [5.41, 5.74) is 5.25. The van der Waals surface area contributed by atoms with E-state index in [9.17, 15) is 0 Å². The number of pyridine rings is 3. The summed E-state index contributed by atoms with van der Waals surface area (Å²) in [5.74, 6) is -0.0244. The second-order valence-corrected chi connectivity index (χ2v) is 6.84. The van der Waals surface area contributed by atoms with E-state index in [1.807, 2.05) is 91.0 Å². The first-order valence-corrected chi connectivity index (χ1v) is 10.2. The third kappa shape index (κ3) is 7.68. The van der Waals surface area contributed by atoms with Crippen LogP contribution in [0.15, 0.2) is 128 Å². The molecule has 0 atom stereocenters. The number of benzene rings is 2. The van der Waals surface area contributed by atoms with E-state index in [2.05, 4.69) is 39.2 Å². The largest absolute Gasteiger partial charge is 2.00 e. The van der Waals surface area contributed by atoms with Crippen molar-refractivity contribution in [3.05, 3.63) is 151 Å². The van der Waals surface area contributed by atoms with E-state index in [1.165, 1.54) is 5.56 Å². The van der Waals surface area contributed by atoms with Crippen molar-refractivity contribution in [2.75, 3.05) is 0 Å². The smallest absolute Gasteiger partial charge is 1.00 e. The molecule has 0 bridgehead atoms. The van der Waals surface area contributed by atoms with Gasteiger partial charge in [-0.15, -0.1) is 35.9 Å². The maximum atomic E-state index is 4.45. The van der Waals surface area contributed by atoms with Gasteiger partial charge in [-0.05, 0) is 36.4 Å². The van der Waals surface area contributed by atoms with Crippen molar-refractivity contribution in [3.8, 4) is 11.1 Å². The third-order valence-electron chi connectivity index (χ3n) is 4.74. The van der Waals surface area contributed by atoms with Crippen molar-refractivity contribution in [1.29, 1.82) is 0 Å². The molecule has 3 heterocycles. The topological polar surface area (TPSA) is 38.7 Å². The summed E-state index contributed by atoms with van der Waals surface area (Å²) in [4.78, 5) is 13.4. The molecular weight excluding hydrogens is 612 g/mol. The molecule has 0 radical (unpaired) electrons. The average Bonchev–Trinajstić information content (AvgIpc) is 2.88. The second kappa shape index (κ2) is 14.4. The maximum Gasteiger partial charge on any atom is 2.00 e. The number of hydrogen-bond acceptors (Lipinski definition) is 3. The van der Waals surface area contributed by atoms with E-state index in [0.29, 0.717) is 0 Å². The summed E-state index contributed by atoms with van der Waals surface area (Å²) in [7, 11) is 0. The minimum atomic E-state index is -0.0244. The summed E-state index contributed by atoms with van der Waals surface area (Å²) >= 11 is 0. The fourth-order valence-electron chi connectivity index (χ4n) is 3.29. The van der Waals surface area contributed by atoms with Crippen LogP contribution in [0.5, 0.6) is 0 Å². The van der Waals surface area contributed by atoms with Gasteiger partial charge in [0, 0.05) is 18.6 Å². The molecule has 0 fully saturated rings. The number of hydrogen-bond donors (Lipinski definition) is 0. The fraction of sp³-hybridized carbons (Fsp3) is 0.0357. The van der Waals surface area contributed by atoms with E-state index in [0.717, 1.165) is 22.6 Å². The Morgan fingerprint density at radius 2 is 0.970 bits per heavy atom. The maximum absolute atomic E-state index is 4.45. The van der Waals surface area contributed by atoms with Crippen LogP contribution >= 0.6 is 0 Å². The summed E-state index contributed by atoms with van der Waals surface area (Å²) < 4.78 is 0. The van der Waals surface area contributed by atoms with E-state index in [-0.39, 0.29) is 50.3 Å². The quantitative estimate of drug-likeness (QED) is 0.174. The van der Waals surface area contributed by atoms with Crippen LogP contribution in [0.3, 0.4) is 0 Å². The second-order valence-electron chi connectivity index (χ2n) is 6.84. The average molecular weight is 634 g/mol. The van der Waals surface area contributed by atoms with E-state index < -0.39 is 0 Å². The van der Waals surface area contributed by atoms with Gasteiger partial charge in [0.15, 0.2) is 0 Å². The number of nitrogens with zero attached hydrogens (tertiary/aromatic N) is 3. The molecule has 3 nitrogen and oxygen atoms in total. The zero-order chi connectivity index (χ0) is 21.1. The Labute approximate surface area is 226 Å². The summed E-state index contributed by atoms with van der Waals surface area (Å²) in [6.45, 7) is 0. The van der Waals surface area contributed by atoms with Gasteiger partial charge in [-0.2, -0.15) is 0 Å². The Bertz CT molecular complexity index is 1030. The van der Waals surface area contributed by atoms with Crippen molar-refractivity contribution in [1.82, 2.24) is 15.0 Å². The van der Waals surface area contributed by atoms with Gasteiger partial charge in [-0.3, -0.25) is 15.0 Å². The standard InChI is InChI=1S/C16H13N3.C12H9.HI.Pd/c1-4-10-17-13(7-1)16(14-8-2-5-11-18-14)15-9-3-6-12-19-15;1-3-7-11(8-4-1)12-9-5-2-6-10-12;;/h1-12,16H;1-9H;1H;/q;-1;;+2/p-1. The SMILES string of the molecule is [I-].[Pd+2].[c-]1ccccc1-c1ccccc1.c1ccc(C(c2ccccn2)c2ccccn2)nc1. The predicted molar refractivity (Wildman–Crippen MR) is 124 cm³/mol. The minimum absolute atomic E-state index is 0. The molecule has 166 valence electrons. The monoisotopic (exact) mass is 633 g/mol. The Hall–Kier alpha value is -2.72. The van der Waals surface area contributed by atoms with Gasteiger partial charge in [-0.25, -0.2) is 0 Å². The van der Waals surface area contributed by atoms with E-state index in [1.54, 1.807) is 18.6 Å². The summed E-state index contributed by atoms with van der Waals surface area (Å²) in [5, 5.41) is 0. The van der Waals surface area contributed by atoms with Crippen molar-refractivity contribution < 1.29 is 44.4 Å². The molecule has 0 saturated heterocycles. The minimum Gasteiger partial charge on any atom is -1.00 e. The van der Waals surface area contributed by atoms with Gasteiger partial charge in [0.05, 0.1) is 23.0 Å². The summed E-state index contributed by atoms with van der Waals surface area (Å²) in [6, 6.07) is 39.2. The van der Waals surface area contributed by atoms with Gasteiger partial charge in [-0.1, -0.05) is 54.1 Å². The predicted octanol–water partition coefficient (Wildman–Crippen LogP) is 3.21. The molecule has 5 aromatic rings. The number of rotatable bonds is 4. The Morgan fingerprint density at radius 3 is 1.36 bits per heavy atom. The van der Waals surface area contributed by atoms with Crippen LogP contribution in [0.4, 0.5) is 0 Å². The van der Waals surface area contributed by atoms with Crippen LogP contribution in [-0.4, -0.2) is 15.0 Å². The molecule has 0 aliphatic rings. The molecule has 3 aromatic heterocycles. The molecule has 0 spiro atoms. The molecule has 0 amide bonds. The first-order valence-electron chi connectivity index (χ1n) is 10.2. The zero-order valence-electron chi connectivity index (χ0n) is 17.7. The molecular formula is C28H22IN3Pd. The van der Waals surface area contributed by atoms with Gasteiger partial charge >= 0.3 is 20.4 Å². The molecule has 0 aliphatic heterocycles. The van der Waals surface area contributed by atoms with E-state index >= 15 is 0 Å². The third-order valence-corrected chi connectivity index (χ3v) is 4.74. The summed E-state index contributed by atoms with van der Waals surface area (Å²) in [6.07, 6.45) is 5.40. The Balaban J connectivity index is 0.000000240. The van der Waals surface area contributed by atoms with Crippen molar-refractivity contribution >= 4 is 0 Å². The van der Waals surface area contributed by atoms with Crippen molar-refractivity contribution in [2.45, 2.75) is 5.92 Å². The van der Waals surface area contributed by atoms with Crippen LogP contribution in [0.1, 0.15) is 23.0 Å². The Kier molecular flexibility index (Phi) is 11.6. The molecule has 0 N–H and O–H groups in total. The molecule has 5 rings (SSSR count). The van der Waals surface area contributed by atoms with Crippen LogP contribution in [0.2, 0.25) is 0 Å². The molecule has 33 heavy (non-hydrogen) atoms. The molecule has 0 unspecified atom stereocenters. The van der Waals surface area contributed by atoms with Crippen LogP contribution < -0.4 is 24.0 Å². The first kappa shape index (κ1) is 26.5. The zero-order valence-corrected chi connectivity index (χ0v) is 21.4. The molecule has 0 aliphatic carbocycles. The number of aromatic nitrogens is 3. The van der Waals surface area contributed by atoms with Gasteiger partial charge in [0.2, 0.25) is 0 Å². The van der Waals surface area contributed by atoms with Gasteiger partial charge in [0.25, 0.3) is 0 Å². The normalized spacial score (nSPS) is 9.61. The Morgan fingerprint density at radius 1 is 0.515 bits per heavy atom. The van der Waals surface area contributed by atoms with Crippen molar-refractivity contribution in [3.63, 3.8) is 0 Å². The fourth-order valence-corrected chi connectivity index (χ4v) is 3.29. The van der Waals surface area contributed by atoms with Crippen LogP contribution in [0.25, 0.3) is 11.1 Å². The molecule has 2 aromatic carbocycles. The van der Waals surface area contributed by atoms with E-state index in [4.69, 9.17) is 0 Å².